The van der Waals surface area contributed by atoms with Gasteiger partial charge in [-0.15, -0.1) is 0 Å². The predicted octanol–water partition coefficient (Wildman–Crippen LogP) is 1.81. The van der Waals surface area contributed by atoms with Gasteiger partial charge in [-0.2, -0.15) is 5.26 Å². The summed E-state index contributed by atoms with van der Waals surface area (Å²) in [5.74, 6) is 0. The monoisotopic (exact) mass is 280 g/mol. The van der Waals surface area contributed by atoms with Crippen LogP contribution in [0.2, 0.25) is 0 Å². The normalized spacial score (nSPS) is 14.9. The van der Waals surface area contributed by atoms with Crippen LogP contribution < -0.4 is 0 Å². The molecule has 1 rings (SSSR count). The second kappa shape index (κ2) is 6.18. The van der Waals surface area contributed by atoms with E-state index < -0.39 is 15.1 Å². The Morgan fingerprint density at radius 2 is 1.89 bits per heavy atom. The molecule has 0 spiro atoms. The van der Waals surface area contributed by atoms with Crippen molar-refractivity contribution in [1.29, 1.82) is 5.26 Å². The topological polar surface area (TPSA) is 61.2 Å². The smallest absolute Gasteiger partial charge is 0.151 e. The maximum absolute atomic E-state index is 11.6. The molecule has 0 aliphatic rings. The van der Waals surface area contributed by atoms with Crippen LogP contribution in [-0.4, -0.2) is 37.9 Å². The molecule has 0 aliphatic heterocycles. The van der Waals surface area contributed by atoms with E-state index in [4.69, 9.17) is 5.26 Å². The molecule has 0 saturated carbocycles. The lowest BCUT2D eigenvalue weighted by atomic mass is 10.1. The van der Waals surface area contributed by atoms with Gasteiger partial charge in [-0.3, -0.25) is 4.90 Å². The first-order valence-electron chi connectivity index (χ1n) is 6.14. The second-order valence-electron chi connectivity index (χ2n) is 4.96. The van der Waals surface area contributed by atoms with Gasteiger partial charge >= 0.3 is 0 Å². The fraction of sp³-hybridized carbons (Fsp3) is 0.500. The number of nitriles is 1. The zero-order chi connectivity index (χ0) is 14.6. The van der Waals surface area contributed by atoms with E-state index in [9.17, 15) is 8.42 Å². The Hall–Kier alpha value is -1.38. The molecule has 4 nitrogen and oxygen atoms in total. The van der Waals surface area contributed by atoms with E-state index in [1.54, 1.807) is 13.0 Å². The van der Waals surface area contributed by atoms with Crippen molar-refractivity contribution in [3.05, 3.63) is 35.4 Å². The molecule has 0 fully saturated rings. The maximum atomic E-state index is 11.6. The van der Waals surface area contributed by atoms with E-state index >= 15 is 0 Å². The lowest BCUT2D eigenvalue weighted by Gasteiger charge is -2.29. The molecule has 1 aromatic rings. The van der Waals surface area contributed by atoms with Gasteiger partial charge < -0.3 is 0 Å². The standard InChI is InChI=1S/C14H20N2O2S/c1-11(12(2)19(4,17)18)16(3)10-14-8-6-5-7-13(14)9-15/h5-8,11-12H,10H2,1-4H3/t11-,12+/m1/s1. The molecule has 0 aliphatic carbocycles. The molecular formula is C14H20N2O2S. The molecule has 0 unspecified atom stereocenters. The fourth-order valence-electron chi connectivity index (χ4n) is 1.90. The van der Waals surface area contributed by atoms with Crippen LogP contribution in [0.4, 0.5) is 0 Å². The van der Waals surface area contributed by atoms with Crippen LogP contribution in [0.15, 0.2) is 24.3 Å². The van der Waals surface area contributed by atoms with Crippen molar-refractivity contribution < 1.29 is 8.42 Å². The molecule has 0 aromatic heterocycles. The molecular weight excluding hydrogens is 260 g/mol. The summed E-state index contributed by atoms with van der Waals surface area (Å²) < 4.78 is 23.1. The first-order valence-corrected chi connectivity index (χ1v) is 8.10. The third-order valence-electron chi connectivity index (χ3n) is 3.61. The average Bonchev–Trinajstić information content (AvgIpc) is 2.36. The Bertz CT molecular complexity index is 575. The highest BCUT2D eigenvalue weighted by Crippen LogP contribution is 2.15. The van der Waals surface area contributed by atoms with Crippen LogP contribution in [0.25, 0.3) is 0 Å². The molecule has 0 bridgehead atoms. The third-order valence-corrected chi connectivity index (χ3v) is 5.35. The third kappa shape index (κ3) is 4.05. The molecule has 104 valence electrons. The van der Waals surface area contributed by atoms with Crippen molar-refractivity contribution in [3.8, 4) is 6.07 Å². The summed E-state index contributed by atoms with van der Waals surface area (Å²) in [4.78, 5) is 1.96. The molecule has 5 heteroatoms. The Morgan fingerprint density at radius 3 is 2.42 bits per heavy atom. The van der Waals surface area contributed by atoms with Crippen molar-refractivity contribution in [2.24, 2.45) is 0 Å². The lowest BCUT2D eigenvalue weighted by Crippen LogP contribution is -2.41. The van der Waals surface area contributed by atoms with Gasteiger partial charge in [0, 0.05) is 18.8 Å². The number of rotatable bonds is 5. The Morgan fingerprint density at radius 1 is 1.32 bits per heavy atom. The van der Waals surface area contributed by atoms with Crippen molar-refractivity contribution in [1.82, 2.24) is 4.90 Å². The molecule has 1 aromatic carbocycles. The highest BCUT2D eigenvalue weighted by atomic mass is 32.2. The highest BCUT2D eigenvalue weighted by molar-refractivity contribution is 7.91. The van der Waals surface area contributed by atoms with Crippen LogP contribution in [0.5, 0.6) is 0 Å². The van der Waals surface area contributed by atoms with Gasteiger partial charge in [0.25, 0.3) is 0 Å². The maximum Gasteiger partial charge on any atom is 0.151 e. The van der Waals surface area contributed by atoms with E-state index in [2.05, 4.69) is 6.07 Å². The summed E-state index contributed by atoms with van der Waals surface area (Å²) in [6.07, 6.45) is 1.26. The van der Waals surface area contributed by atoms with Crippen molar-refractivity contribution in [3.63, 3.8) is 0 Å². The average molecular weight is 280 g/mol. The van der Waals surface area contributed by atoms with Gasteiger partial charge in [-0.25, -0.2) is 8.42 Å². The summed E-state index contributed by atoms with van der Waals surface area (Å²) in [7, 11) is -1.19. The molecule has 0 saturated heterocycles. The van der Waals surface area contributed by atoms with E-state index in [1.165, 1.54) is 6.26 Å². The van der Waals surface area contributed by atoms with Crippen molar-refractivity contribution >= 4 is 9.84 Å². The molecule has 0 N–H and O–H groups in total. The van der Waals surface area contributed by atoms with Crippen LogP contribution >= 0.6 is 0 Å². The van der Waals surface area contributed by atoms with Gasteiger partial charge in [0.1, 0.15) is 0 Å². The van der Waals surface area contributed by atoms with E-state index in [0.717, 1.165) is 5.56 Å². The quantitative estimate of drug-likeness (QED) is 0.825. The Labute approximate surface area is 115 Å². The predicted molar refractivity (Wildman–Crippen MR) is 76.4 cm³/mol. The van der Waals surface area contributed by atoms with Gasteiger partial charge in [0.15, 0.2) is 9.84 Å². The summed E-state index contributed by atoms with van der Waals surface area (Å²) in [6.45, 7) is 4.16. The van der Waals surface area contributed by atoms with Gasteiger partial charge in [0.2, 0.25) is 0 Å². The first-order chi connectivity index (χ1) is 8.77. The summed E-state index contributed by atoms with van der Waals surface area (Å²) in [5, 5.41) is 8.61. The van der Waals surface area contributed by atoms with Crippen LogP contribution in [0, 0.1) is 11.3 Å². The summed E-state index contributed by atoms with van der Waals surface area (Å²) >= 11 is 0. The Balaban J connectivity index is 2.86. The minimum absolute atomic E-state index is 0.109. The first kappa shape index (κ1) is 15.7. The van der Waals surface area contributed by atoms with Crippen molar-refractivity contribution in [2.75, 3.05) is 13.3 Å². The minimum atomic E-state index is -3.06. The van der Waals surface area contributed by atoms with Crippen molar-refractivity contribution in [2.45, 2.75) is 31.7 Å². The molecule has 19 heavy (non-hydrogen) atoms. The second-order valence-corrected chi connectivity index (χ2v) is 7.36. The zero-order valence-corrected chi connectivity index (χ0v) is 12.6. The molecule has 0 heterocycles. The number of nitrogens with zero attached hydrogens (tertiary/aromatic N) is 2. The summed E-state index contributed by atoms with van der Waals surface area (Å²) in [6, 6.07) is 9.42. The van der Waals surface area contributed by atoms with E-state index in [-0.39, 0.29) is 6.04 Å². The SMILES string of the molecule is C[C@H]([C@H](C)S(C)(=O)=O)N(C)Cc1ccccc1C#N. The van der Waals surface area contributed by atoms with Crippen LogP contribution in [0.3, 0.4) is 0 Å². The van der Waals surface area contributed by atoms with Gasteiger partial charge in [-0.1, -0.05) is 18.2 Å². The number of sulfone groups is 1. The lowest BCUT2D eigenvalue weighted by molar-refractivity contribution is 0.245. The molecule has 0 radical (unpaired) electrons. The van der Waals surface area contributed by atoms with Crippen LogP contribution in [-0.2, 0) is 16.4 Å². The zero-order valence-electron chi connectivity index (χ0n) is 11.8. The minimum Gasteiger partial charge on any atom is -0.298 e. The fourth-order valence-corrected chi connectivity index (χ4v) is 2.82. The van der Waals surface area contributed by atoms with Gasteiger partial charge in [-0.05, 0) is 32.5 Å². The molecule has 2 atom stereocenters. The van der Waals surface area contributed by atoms with E-state index in [0.29, 0.717) is 12.1 Å². The summed E-state index contributed by atoms with van der Waals surface area (Å²) in [5.41, 5.74) is 1.55. The largest absolute Gasteiger partial charge is 0.298 e. The highest BCUT2D eigenvalue weighted by Gasteiger charge is 2.25. The Kier molecular flexibility index (Phi) is 5.10. The van der Waals surface area contributed by atoms with Gasteiger partial charge in [0.05, 0.1) is 16.9 Å². The van der Waals surface area contributed by atoms with E-state index in [1.807, 2.05) is 37.1 Å². The van der Waals surface area contributed by atoms with Crippen LogP contribution in [0.1, 0.15) is 25.0 Å². The number of hydrogen-bond donors (Lipinski definition) is 0. The molecule has 0 amide bonds. The number of hydrogen-bond acceptors (Lipinski definition) is 4. The number of benzene rings is 1.